The first-order chi connectivity index (χ1) is 16.3. The smallest absolute Gasteiger partial charge is 0.410 e. The molecule has 178 valence electrons. The van der Waals surface area contributed by atoms with E-state index in [2.05, 4.69) is 15.4 Å². The highest BCUT2D eigenvalue weighted by Crippen LogP contribution is 2.32. The molecule has 3 heterocycles. The number of ether oxygens (including phenoxy) is 1. The molecular weight excluding hydrogens is 430 g/mol. The lowest BCUT2D eigenvalue weighted by molar-refractivity contribution is 0.0203. The fourth-order valence-electron chi connectivity index (χ4n) is 4.14. The molecule has 34 heavy (non-hydrogen) atoms. The summed E-state index contributed by atoms with van der Waals surface area (Å²) in [5.41, 5.74) is 2.73. The largest absolute Gasteiger partial charge is 0.444 e. The maximum absolute atomic E-state index is 13.2. The van der Waals surface area contributed by atoms with Crippen molar-refractivity contribution in [1.82, 2.24) is 25.0 Å². The number of hydrogen-bond acceptors (Lipinski definition) is 5. The lowest BCUT2D eigenvalue weighted by Gasteiger charge is -2.34. The van der Waals surface area contributed by atoms with Gasteiger partial charge in [0, 0.05) is 37.9 Å². The van der Waals surface area contributed by atoms with Crippen LogP contribution in [0.2, 0.25) is 0 Å². The van der Waals surface area contributed by atoms with E-state index in [-0.39, 0.29) is 17.9 Å². The molecule has 0 spiro atoms. The minimum absolute atomic E-state index is 0.0838. The number of pyridine rings is 1. The second-order valence-electron chi connectivity index (χ2n) is 9.48. The summed E-state index contributed by atoms with van der Waals surface area (Å²) in [6.07, 6.45) is 6.23. The highest BCUT2D eigenvalue weighted by atomic mass is 16.6. The minimum Gasteiger partial charge on any atom is -0.444 e. The van der Waals surface area contributed by atoms with E-state index in [1.165, 1.54) is 0 Å². The van der Waals surface area contributed by atoms with Crippen LogP contribution in [0.3, 0.4) is 0 Å². The summed E-state index contributed by atoms with van der Waals surface area (Å²) in [7, 11) is 0. The third-order valence-corrected chi connectivity index (χ3v) is 5.76. The number of benzene rings is 1. The zero-order valence-corrected chi connectivity index (χ0v) is 19.9. The minimum atomic E-state index is -0.528. The molecule has 0 unspecified atom stereocenters. The maximum Gasteiger partial charge on any atom is 0.410 e. The van der Waals surface area contributed by atoms with Crippen molar-refractivity contribution in [2.45, 2.75) is 51.7 Å². The number of aromatic nitrogens is 3. The first-order valence-corrected chi connectivity index (χ1v) is 11.6. The molecule has 1 N–H and O–H groups in total. The van der Waals surface area contributed by atoms with E-state index >= 15 is 0 Å². The number of para-hydroxylation sites is 1. The molecular formula is C26H31N5O3. The Kier molecular flexibility index (Phi) is 6.95. The van der Waals surface area contributed by atoms with Crippen molar-refractivity contribution in [3.63, 3.8) is 0 Å². The molecule has 1 aliphatic rings. The van der Waals surface area contributed by atoms with Crippen molar-refractivity contribution in [3.8, 4) is 5.69 Å². The molecule has 0 radical (unpaired) electrons. The van der Waals surface area contributed by atoms with Gasteiger partial charge in [-0.2, -0.15) is 5.10 Å². The lowest BCUT2D eigenvalue weighted by Crippen LogP contribution is -2.41. The normalized spacial score (nSPS) is 14.6. The predicted octanol–water partition coefficient (Wildman–Crippen LogP) is 4.31. The van der Waals surface area contributed by atoms with Crippen LogP contribution in [-0.4, -0.2) is 50.4 Å². The monoisotopic (exact) mass is 461 g/mol. The average Bonchev–Trinajstić information content (AvgIpc) is 3.28. The van der Waals surface area contributed by atoms with Gasteiger partial charge in [0.25, 0.3) is 5.91 Å². The molecule has 1 aliphatic heterocycles. The molecule has 2 amide bonds. The topological polar surface area (TPSA) is 89.3 Å². The number of rotatable bonds is 5. The van der Waals surface area contributed by atoms with Crippen LogP contribution in [0.25, 0.3) is 5.69 Å². The van der Waals surface area contributed by atoms with E-state index in [0.29, 0.717) is 25.2 Å². The van der Waals surface area contributed by atoms with Gasteiger partial charge in [-0.05, 0) is 57.4 Å². The van der Waals surface area contributed by atoms with Crippen molar-refractivity contribution in [2.75, 3.05) is 13.1 Å². The number of nitrogens with zero attached hydrogens (tertiary/aromatic N) is 4. The molecule has 0 aliphatic carbocycles. The van der Waals surface area contributed by atoms with Gasteiger partial charge in [0.05, 0.1) is 23.1 Å². The molecule has 0 saturated carbocycles. The Bertz CT molecular complexity index is 1110. The fourth-order valence-corrected chi connectivity index (χ4v) is 4.14. The first-order valence-electron chi connectivity index (χ1n) is 11.6. The Labute approximate surface area is 199 Å². The number of nitrogens with one attached hydrogen (secondary N) is 1. The molecule has 4 rings (SSSR count). The van der Waals surface area contributed by atoms with Crippen molar-refractivity contribution >= 4 is 12.0 Å². The second-order valence-corrected chi connectivity index (χ2v) is 9.48. The molecule has 2 aromatic heterocycles. The number of hydrogen-bond donors (Lipinski definition) is 1. The Morgan fingerprint density at radius 2 is 1.79 bits per heavy atom. The SMILES string of the molecule is CC(C)(C)OC(=O)N1CCC(c2c(C(=O)NCc3cccnc3)cnn2-c2ccccc2)CC1. The highest BCUT2D eigenvalue weighted by Gasteiger charge is 2.32. The van der Waals surface area contributed by atoms with Crippen molar-refractivity contribution in [2.24, 2.45) is 0 Å². The molecule has 3 aromatic rings. The van der Waals surface area contributed by atoms with Gasteiger partial charge in [-0.1, -0.05) is 24.3 Å². The first kappa shape index (κ1) is 23.5. The summed E-state index contributed by atoms with van der Waals surface area (Å²) >= 11 is 0. The third-order valence-electron chi connectivity index (χ3n) is 5.76. The molecule has 0 bridgehead atoms. The average molecular weight is 462 g/mol. The van der Waals surface area contributed by atoms with Crippen molar-refractivity contribution < 1.29 is 14.3 Å². The van der Waals surface area contributed by atoms with Crippen LogP contribution in [0, 0.1) is 0 Å². The Morgan fingerprint density at radius 1 is 1.06 bits per heavy atom. The number of carbonyl (C=O) groups is 2. The van der Waals surface area contributed by atoms with E-state index in [1.54, 1.807) is 23.5 Å². The molecule has 1 fully saturated rings. The summed E-state index contributed by atoms with van der Waals surface area (Å²) in [5, 5.41) is 7.57. The zero-order valence-electron chi connectivity index (χ0n) is 19.9. The van der Waals surface area contributed by atoms with Gasteiger partial charge in [0.2, 0.25) is 0 Å². The third kappa shape index (κ3) is 5.62. The molecule has 8 heteroatoms. The fraction of sp³-hybridized carbons (Fsp3) is 0.385. The number of piperidine rings is 1. The number of carbonyl (C=O) groups excluding carboxylic acids is 2. The Morgan fingerprint density at radius 3 is 2.44 bits per heavy atom. The molecule has 1 aromatic carbocycles. The van der Waals surface area contributed by atoms with Gasteiger partial charge in [0.1, 0.15) is 5.60 Å². The van der Waals surface area contributed by atoms with E-state index in [9.17, 15) is 9.59 Å². The van der Waals surface area contributed by atoms with Gasteiger partial charge >= 0.3 is 6.09 Å². The van der Waals surface area contributed by atoms with E-state index < -0.39 is 5.60 Å². The zero-order chi connectivity index (χ0) is 24.1. The van der Waals surface area contributed by atoms with E-state index in [1.807, 2.05) is 67.9 Å². The maximum atomic E-state index is 13.2. The second kappa shape index (κ2) is 10.1. The summed E-state index contributed by atoms with van der Waals surface area (Å²) in [4.78, 5) is 31.5. The summed E-state index contributed by atoms with van der Waals surface area (Å²) in [5.74, 6) is -0.0869. The lowest BCUT2D eigenvalue weighted by atomic mass is 9.91. The van der Waals surface area contributed by atoms with Crippen LogP contribution in [0.1, 0.15) is 61.1 Å². The summed E-state index contributed by atoms with van der Waals surface area (Å²) < 4.78 is 7.39. The predicted molar refractivity (Wildman–Crippen MR) is 129 cm³/mol. The van der Waals surface area contributed by atoms with Crippen LogP contribution in [0.4, 0.5) is 4.79 Å². The molecule has 0 atom stereocenters. The van der Waals surface area contributed by atoms with Crippen LogP contribution in [0.5, 0.6) is 0 Å². The Balaban J connectivity index is 1.55. The van der Waals surface area contributed by atoms with Gasteiger partial charge in [0.15, 0.2) is 0 Å². The van der Waals surface area contributed by atoms with E-state index in [4.69, 9.17) is 4.74 Å². The van der Waals surface area contributed by atoms with E-state index in [0.717, 1.165) is 29.8 Å². The summed E-state index contributed by atoms with van der Waals surface area (Å²) in [6, 6.07) is 13.6. The van der Waals surface area contributed by atoms with Crippen LogP contribution in [-0.2, 0) is 11.3 Å². The standard InChI is InChI=1S/C26H31N5O3/c1-26(2,3)34-25(33)30-14-11-20(12-15-30)23-22(18-29-31(23)21-9-5-4-6-10-21)24(32)28-17-19-8-7-13-27-16-19/h4-10,13,16,18,20H,11-12,14-15,17H2,1-3H3,(H,28,32). The summed E-state index contributed by atoms with van der Waals surface area (Å²) in [6.45, 7) is 7.12. The molecule has 8 nitrogen and oxygen atoms in total. The van der Waals surface area contributed by atoms with Gasteiger partial charge < -0.3 is 15.0 Å². The van der Waals surface area contributed by atoms with Gasteiger partial charge in [-0.3, -0.25) is 9.78 Å². The van der Waals surface area contributed by atoms with Crippen LogP contribution in [0.15, 0.2) is 61.1 Å². The highest BCUT2D eigenvalue weighted by molar-refractivity contribution is 5.95. The number of likely N-dealkylation sites (tertiary alicyclic amines) is 1. The van der Waals surface area contributed by atoms with Gasteiger partial charge in [-0.25, -0.2) is 9.48 Å². The van der Waals surface area contributed by atoms with Crippen molar-refractivity contribution in [3.05, 3.63) is 77.9 Å². The van der Waals surface area contributed by atoms with Crippen LogP contribution < -0.4 is 5.32 Å². The Hall–Kier alpha value is -3.68. The van der Waals surface area contributed by atoms with Crippen LogP contribution >= 0.6 is 0 Å². The molecule has 1 saturated heterocycles. The van der Waals surface area contributed by atoms with Gasteiger partial charge in [-0.15, -0.1) is 0 Å². The quantitative estimate of drug-likeness (QED) is 0.612. The number of amides is 2. The van der Waals surface area contributed by atoms with Crippen molar-refractivity contribution in [1.29, 1.82) is 0 Å².